The lowest BCUT2D eigenvalue weighted by molar-refractivity contribution is -0.137. The molecule has 1 aromatic carbocycles. The molecule has 6 heteroatoms. The first-order chi connectivity index (χ1) is 8.28. The number of anilines is 1. The highest BCUT2D eigenvalue weighted by Crippen LogP contribution is 2.21. The number of nitrogen functional groups attached to an aromatic ring is 1. The van der Waals surface area contributed by atoms with Gasteiger partial charge in [-0.05, 0) is 24.7 Å². The van der Waals surface area contributed by atoms with Crippen molar-refractivity contribution in [2.24, 2.45) is 0 Å². The van der Waals surface area contributed by atoms with Crippen molar-refractivity contribution in [3.8, 4) is 0 Å². The molecular weight excluding hydrogens is 245 g/mol. The third-order valence-corrected chi connectivity index (χ3v) is 2.56. The molecule has 3 N–H and O–H groups in total. The Hall–Kier alpha value is -1.27. The number of hydrogen-bond acceptors (Lipinski definition) is 3. The Labute approximate surface area is 104 Å². The van der Waals surface area contributed by atoms with Gasteiger partial charge in [-0.3, -0.25) is 0 Å². The number of hydrogen-bond donors (Lipinski definition) is 2. The smallest absolute Gasteiger partial charge is 0.390 e. The Morgan fingerprint density at radius 1 is 1.39 bits per heavy atom. The number of alkyl halides is 3. The maximum Gasteiger partial charge on any atom is 0.390 e. The second kappa shape index (κ2) is 6.06. The van der Waals surface area contributed by atoms with E-state index in [1.807, 2.05) is 0 Å². The van der Waals surface area contributed by atoms with Crippen LogP contribution in [0.15, 0.2) is 24.3 Å². The molecule has 1 unspecified atom stereocenters. The minimum atomic E-state index is -4.17. The largest absolute Gasteiger partial charge is 0.399 e. The molecule has 1 atom stereocenters. The average molecular weight is 262 g/mol. The summed E-state index contributed by atoms with van der Waals surface area (Å²) in [5.74, 6) is 0. The molecule has 0 aromatic heterocycles. The minimum absolute atomic E-state index is 0.136. The van der Waals surface area contributed by atoms with Crippen LogP contribution in [-0.4, -0.2) is 36.3 Å². The molecule has 1 rings (SSSR count). The van der Waals surface area contributed by atoms with E-state index in [2.05, 4.69) is 0 Å². The van der Waals surface area contributed by atoms with Crippen molar-refractivity contribution in [1.82, 2.24) is 4.90 Å². The minimum Gasteiger partial charge on any atom is -0.399 e. The number of likely N-dealkylation sites (N-methyl/N-ethyl adjacent to an activating group) is 1. The molecule has 0 spiro atoms. The molecule has 0 radical (unpaired) electrons. The fourth-order valence-electron chi connectivity index (χ4n) is 1.58. The highest BCUT2D eigenvalue weighted by Gasteiger charge is 2.27. The van der Waals surface area contributed by atoms with E-state index >= 15 is 0 Å². The molecule has 0 aliphatic rings. The summed E-state index contributed by atoms with van der Waals surface area (Å²) in [5, 5.41) is 9.87. The van der Waals surface area contributed by atoms with E-state index in [-0.39, 0.29) is 13.1 Å². The van der Waals surface area contributed by atoms with E-state index in [0.29, 0.717) is 11.3 Å². The van der Waals surface area contributed by atoms with Gasteiger partial charge in [-0.2, -0.15) is 13.2 Å². The maximum absolute atomic E-state index is 12.0. The van der Waals surface area contributed by atoms with Gasteiger partial charge in [0.25, 0.3) is 0 Å². The summed E-state index contributed by atoms with van der Waals surface area (Å²) in [6.45, 7) is 0.00239. The highest BCUT2D eigenvalue weighted by molar-refractivity contribution is 5.41. The van der Waals surface area contributed by atoms with Gasteiger partial charge >= 0.3 is 6.18 Å². The first kappa shape index (κ1) is 14.8. The fourth-order valence-corrected chi connectivity index (χ4v) is 1.58. The summed E-state index contributed by atoms with van der Waals surface area (Å²) in [6, 6.07) is 6.69. The standard InChI is InChI=1S/C12H17F3N2O/c1-17(6-5-12(13,14)15)8-11(18)9-3-2-4-10(16)7-9/h2-4,7,11,18H,5-6,8,16H2,1H3. The van der Waals surface area contributed by atoms with Crippen molar-refractivity contribution in [3.05, 3.63) is 29.8 Å². The number of aliphatic hydroxyl groups is 1. The molecule has 18 heavy (non-hydrogen) atoms. The molecule has 0 aliphatic carbocycles. The first-order valence-corrected chi connectivity index (χ1v) is 5.57. The summed E-state index contributed by atoms with van der Waals surface area (Å²) in [6.07, 6.45) is -5.89. The van der Waals surface area contributed by atoms with Crippen molar-refractivity contribution in [2.45, 2.75) is 18.7 Å². The van der Waals surface area contributed by atoms with Crippen LogP contribution in [0.1, 0.15) is 18.1 Å². The zero-order valence-corrected chi connectivity index (χ0v) is 10.1. The molecule has 0 aliphatic heterocycles. The molecule has 0 saturated carbocycles. The number of aliphatic hydroxyl groups excluding tert-OH is 1. The van der Waals surface area contributed by atoms with Crippen molar-refractivity contribution < 1.29 is 18.3 Å². The van der Waals surface area contributed by atoms with Crippen molar-refractivity contribution in [1.29, 1.82) is 0 Å². The van der Waals surface area contributed by atoms with Gasteiger partial charge < -0.3 is 15.7 Å². The SMILES string of the molecule is CN(CCC(F)(F)F)CC(O)c1cccc(N)c1. The molecular formula is C12H17F3N2O. The molecule has 0 fully saturated rings. The molecule has 102 valence electrons. The van der Waals surface area contributed by atoms with Crippen LogP contribution in [0, 0.1) is 0 Å². The van der Waals surface area contributed by atoms with Gasteiger partial charge in [-0.25, -0.2) is 0 Å². The molecule has 3 nitrogen and oxygen atoms in total. The number of rotatable bonds is 5. The van der Waals surface area contributed by atoms with Gasteiger partial charge in [-0.15, -0.1) is 0 Å². The van der Waals surface area contributed by atoms with E-state index in [9.17, 15) is 18.3 Å². The van der Waals surface area contributed by atoms with Crippen LogP contribution < -0.4 is 5.73 Å². The second-order valence-electron chi connectivity index (χ2n) is 4.31. The van der Waals surface area contributed by atoms with Crippen molar-refractivity contribution in [2.75, 3.05) is 25.9 Å². The molecule has 0 amide bonds. The number of nitrogens with zero attached hydrogens (tertiary/aromatic N) is 1. The Bertz CT molecular complexity index is 382. The van der Waals surface area contributed by atoms with Crippen LogP contribution in [0.2, 0.25) is 0 Å². The Morgan fingerprint density at radius 3 is 2.61 bits per heavy atom. The van der Waals surface area contributed by atoms with Gasteiger partial charge in [0.1, 0.15) is 0 Å². The first-order valence-electron chi connectivity index (χ1n) is 5.57. The Kier molecular flexibility index (Phi) is 4.98. The van der Waals surface area contributed by atoms with Gasteiger partial charge in [0, 0.05) is 18.8 Å². The lowest BCUT2D eigenvalue weighted by Crippen LogP contribution is -2.28. The number of halogens is 3. The number of nitrogens with two attached hydrogens (primary N) is 1. The predicted octanol–water partition coefficient (Wildman–Crippen LogP) is 2.19. The van der Waals surface area contributed by atoms with Crippen LogP contribution in [-0.2, 0) is 0 Å². The summed E-state index contributed by atoms with van der Waals surface area (Å²) >= 11 is 0. The van der Waals surface area contributed by atoms with E-state index in [0.717, 1.165) is 0 Å². The predicted molar refractivity (Wildman–Crippen MR) is 64.0 cm³/mol. The number of benzene rings is 1. The van der Waals surface area contributed by atoms with Crippen LogP contribution in [0.4, 0.5) is 18.9 Å². The zero-order chi connectivity index (χ0) is 13.8. The molecule has 0 saturated heterocycles. The molecule has 0 heterocycles. The van der Waals surface area contributed by atoms with E-state index in [4.69, 9.17) is 5.73 Å². The quantitative estimate of drug-likeness (QED) is 0.800. The summed E-state index contributed by atoms with van der Waals surface area (Å²) in [5.41, 5.74) is 6.69. The van der Waals surface area contributed by atoms with Gasteiger partial charge in [0.2, 0.25) is 0 Å². The summed E-state index contributed by atoms with van der Waals surface area (Å²) < 4.78 is 36.1. The van der Waals surface area contributed by atoms with E-state index in [1.165, 1.54) is 4.90 Å². The van der Waals surface area contributed by atoms with E-state index in [1.54, 1.807) is 31.3 Å². The Balaban J connectivity index is 2.47. The average Bonchev–Trinajstić information content (AvgIpc) is 2.25. The second-order valence-corrected chi connectivity index (χ2v) is 4.31. The lowest BCUT2D eigenvalue weighted by Gasteiger charge is -2.21. The van der Waals surface area contributed by atoms with Gasteiger partial charge in [0.05, 0.1) is 12.5 Å². The van der Waals surface area contributed by atoms with Crippen LogP contribution in [0.5, 0.6) is 0 Å². The monoisotopic (exact) mass is 262 g/mol. The summed E-state index contributed by atoms with van der Waals surface area (Å²) in [4.78, 5) is 1.45. The van der Waals surface area contributed by atoms with Crippen LogP contribution in [0.3, 0.4) is 0 Å². The van der Waals surface area contributed by atoms with Gasteiger partial charge in [-0.1, -0.05) is 12.1 Å². The lowest BCUT2D eigenvalue weighted by atomic mass is 10.1. The molecule has 1 aromatic rings. The highest BCUT2D eigenvalue weighted by atomic mass is 19.4. The maximum atomic E-state index is 12.0. The van der Waals surface area contributed by atoms with Gasteiger partial charge in [0.15, 0.2) is 0 Å². The van der Waals surface area contributed by atoms with Crippen LogP contribution >= 0.6 is 0 Å². The Morgan fingerprint density at radius 2 is 2.06 bits per heavy atom. The molecule has 0 bridgehead atoms. The van der Waals surface area contributed by atoms with E-state index < -0.39 is 18.7 Å². The fraction of sp³-hybridized carbons (Fsp3) is 0.500. The third kappa shape index (κ3) is 5.37. The van der Waals surface area contributed by atoms with Crippen molar-refractivity contribution >= 4 is 5.69 Å². The third-order valence-electron chi connectivity index (χ3n) is 2.56. The summed E-state index contributed by atoms with van der Waals surface area (Å²) in [7, 11) is 1.54. The zero-order valence-electron chi connectivity index (χ0n) is 10.1. The van der Waals surface area contributed by atoms with Crippen molar-refractivity contribution in [3.63, 3.8) is 0 Å². The normalized spacial score (nSPS) is 13.9. The van der Waals surface area contributed by atoms with Crippen LogP contribution in [0.25, 0.3) is 0 Å². The topological polar surface area (TPSA) is 49.5 Å².